The highest BCUT2D eigenvalue weighted by atomic mass is 35.5. The van der Waals surface area contributed by atoms with Crippen molar-refractivity contribution in [2.75, 3.05) is 6.54 Å². The first kappa shape index (κ1) is 19.5. The number of ether oxygens (including phenoxy) is 1. The molecule has 1 aromatic carbocycles. The summed E-state index contributed by atoms with van der Waals surface area (Å²) < 4.78 is 10.5. The SMILES string of the molecule is CCCNC(=O)[C@@H](C)OC(=O)c1ccc(-c2ccc([N+](=O)[O-])cc2Cl)o1. The summed E-state index contributed by atoms with van der Waals surface area (Å²) in [5, 5.41) is 13.5. The average Bonchev–Trinajstić information content (AvgIpc) is 3.09. The van der Waals surface area contributed by atoms with E-state index in [1.54, 1.807) is 0 Å². The largest absolute Gasteiger partial charge is 0.449 e. The number of nitro groups is 1. The third-order valence-electron chi connectivity index (χ3n) is 3.44. The predicted molar refractivity (Wildman–Crippen MR) is 94.0 cm³/mol. The average molecular weight is 381 g/mol. The predicted octanol–water partition coefficient (Wildman–Crippen LogP) is 3.58. The van der Waals surface area contributed by atoms with E-state index in [4.69, 9.17) is 20.8 Å². The summed E-state index contributed by atoms with van der Waals surface area (Å²) in [4.78, 5) is 34.0. The lowest BCUT2D eigenvalue weighted by molar-refractivity contribution is -0.384. The van der Waals surface area contributed by atoms with Crippen LogP contribution < -0.4 is 5.32 Å². The Morgan fingerprint density at radius 1 is 1.35 bits per heavy atom. The summed E-state index contributed by atoms with van der Waals surface area (Å²) in [5.41, 5.74) is 0.238. The standard InChI is InChI=1S/C17H17ClN2O6/c1-3-8-19-16(21)10(2)25-17(22)15-7-6-14(26-15)12-5-4-11(20(23)24)9-13(12)18/h4-7,9-10H,3,8H2,1-2H3,(H,19,21)/t10-/m1/s1. The number of benzene rings is 1. The van der Waals surface area contributed by atoms with E-state index >= 15 is 0 Å². The maximum absolute atomic E-state index is 12.1. The van der Waals surface area contributed by atoms with E-state index < -0.39 is 22.9 Å². The van der Waals surface area contributed by atoms with Crippen LogP contribution in [0.25, 0.3) is 11.3 Å². The van der Waals surface area contributed by atoms with Crippen molar-refractivity contribution in [2.45, 2.75) is 26.4 Å². The number of nitrogens with one attached hydrogen (secondary N) is 1. The Bertz CT molecular complexity index is 832. The number of non-ortho nitro benzene ring substituents is 1. The lowest BCUT2D eigenvalue weighted by atomic mass is 10.1. The lowest BCUT2D eigenvalue weighted by Crippen LogP contribution is -2.36. The first-order valence-corrected chi connectivity index (χ1v) is 8.24. The fourth-order valence-corrected chi connectivity index (χ4v) is 2.34. The van der Waals surface area contributed by atoms with Crippen LogP contribution in [0.5, 0.6) is 0 Å². The van der Waals surface area contributed by atoms with Gasteiger partial charge in [0.2, 0.25) is 5.76 Å². The molecule has 1 aromatic heterocycles. The van der Waals surface area contributed by atoms with Crippen LogP contribution in [0.3, 0.4) is 0 Å². The highest BCUT2D eigenvalue weighted by Gasteiger charge is 2.22. The number of carbonyl (C=O) groups excluding carboxylic acids is 2. The van der Waals surface area contributed by atoms with Crippen molar-refractivity contribution < 1.29 is 23.7 Å². The van der Waals surface area contributed by atoms with E-state index in [0.717, 1.165) is 6.42 Å². The molecule has 0 saturated carbocycles. The maximum Gasteiger partial charge on any atom is 0.375 e. The molecule has 0 radical (unpaired) electrons. The number of halogens is 1. The molecular formula is C17H17ClN2O6. The summed E-state index contributed by atoms with van der Waals surface area (Å²) in [6, 6.07) is 6.77. The molecule has 0 spiro atoms. The second-order valence-corrected chi connectivity index (χ2v) is 5.83. The molecular weight excluding hydrogens is 364 g/mol. The summed E-state index contributed by atoms with van der Waals surface area (Å²) >= 11 is 6.04. The minimum Gasteiger partial charge on any atom is -0.449 e. The van der Waals surface area contributed by atoms with Gasteiger partial charge in [0, 0.05) is 24.2 Å². The lowest BCUT2D eigenvalue weighted by Gasteiger charge is -2.12. The number of hydrogen-bond acceptors (Lipinski definition) is 6. The summed E-state index contributed by atoms with van der Waals surface area (Å²) in [7, 11) is 0. The number of nitrogens with zero attached hydrogens (tertiary/aromatic N) is 1. The third kappa shape index (κ3) is 4.60. The molecule has 0 bridgehead atoms. The molecule has 1 heterocycles. The molecule has 0 aliphatic heterocycles. The zero-order valence-corrected chi connectivity index (χ0v) is 14.9. The Labute approximate surface area is 154 Å². The van der Waals surface area contributed by atoms with Crippen molar-refractivity contribution >= 4 is 29.2 Å². The molecule has 1 N–H and O–H groups in total. The Kier molecular flexibility index (Phi) is 6.35. The van der Waals surface area contributed by atoms with E-state index in [1.807, 2.05) is 6.92 Å². The van der Waals surface area contributed by atoms with Gasteiger partial charge in [-0.15, -0.1) is 0 Å². The van der Waals surface area contributed by atoms with E-state index in [1.165, 1.54) is 37.3 Å². The molecule has 2 aromatic rings. The molecule has 0 fully saturated rings. The minimum absolute atomic E-state index is 0.107. The van der Waals surface area contributed by atoms with E-state index in [9.17, 15) is 19.7 Å². The van der Waals surface area contributed by atoms with Gasteiger partial charge in [-0.2, -0.15) is 0 Å². The molecule has 9 heteroatoms. The van der Waals surface area contributed by atoms with Crippen LogP contribution in [0.4, 0.5) is 5.69 Å². The first-order valence-electron chi connectivity index (χ1n) is 7.86. The van der Waals surface area contributed by atoms with Gasteiger partial charge in [-0.25, -0.2) is 4.79 Å². The number of furan rings is 1. The van der Waals surface area contributed by atoms with Gasteiger partial charge < -0.3 is 14.5 Å². The summed E-state index contributed by atoms with van der Waals surface area (Å²) in [6.07, 6.45) is -0.199. The fraction of sp³-hybridized carbons (Fsp3) is 0.294. The van der Waals surface area contributed by atoms with Crippen molar-refractivity contribution in [1.82, 2.24) is 5.32 Å². The first-order chi connectivity index (χ1) is 12.3. The number of amides is 1. The van der Waals surface area contributed by atoms with Gasteiger partial charge in [0.05, 0.1) is 9.95 Å². The van der Waals surface area contributed by atoms with E-state index in [2.05, 4.69) is 5.32 Å². The van der Waals surface area contributed by atoms with Gasteiger partial charge in [-0.1, -0.05) is 18.5 Å². The van der Waals surface area contributed by atoms with Crippen molar-refractivity contribution in [3.63, 3.8) is 0 Å². The number of rotatable bonds is 7. The van der Waals surface area contributed by atoms with E-state index in [-0.39, 0.29) is 22.2 Å². The van der Waals surface area contributed by atoms with Crippen molar-refractivity contribution in [3.05, 3.63) is 51.2 Å². The smallest absolute Gasteiger partial charge is 0.375 e. The van der Waals surface area contributed by atoms with Crippen LogP contribution >= 0.6 is 11.6 Å². The number of esters is 1. The highest BCUT2D eigenvalue weighted by molar-refractivity contribution is 6.33. The molecule has 0 aliphatic carbocycles. The monoisotopic (exact) mass is 380 g/mol. The highest BCUT2D eigenvalue weighted by Crippen LogP contribution is 2.32. The zero-order chi connectivity index (χ0) is 19.3. The topological polar surface area (TPSA) is 112 Å². The fourth-order valence-electron chi connectivity index (χ4n) is 2.07. The van der Waals surface area contributed by atoms with Crippen LogP contribution in [-0.4, -0.2) is 29.4 Å². The van der Waals surface area contributed by atoms with Gasteiger partial charge in [0.15, 0.2) is 6.10 Å². The van der Waals surface area contributed by atoms with Crippen molar-refractivity contribution in [2.24, 2.45) is 0 Å². The van der Waals surface area contributed by atoms with Gasteiger partial charge in [-0.05, 0) is 31.5 Å². The quantitative estimate of drug-likeness (QED) is 0.446. The summed E-state index contributed by atoms with van der Waals surface area (Å²) in [6.45, 7) is 3.86. The van der Waals surface area contributed by atoms with Gasteiger partial charge in [0.1, 0.15) is 5.76 Å². The molecule has 26 heavy (non-hydrogen) atoms. The Morgan fingerprint density at radius 3 is 2.69 bits per heavy atom. The summed E-state index contributed by atoms with van der Waals surface area (Å²) in [5.74, 6) is -1.05. The van der Waals surface area contributed by atoms with Gasteiger partial charge >= 0.3 is 5.97 Å². The molecule has 138 valence electrons. The molecule has 8 nitrogen and oxygen atoms in total. The van der Waals surface area contributed by atoms with Gasteiger partial charge in [-0.3, -0.25) is 14.9 Å². The minimum atomic E-state index is -0.967. The third-order valence-corrected chi connectivity index (χ3v) is 3.75. The normalized spacial score (nSPS) is 11.7. The molecule has 1 atom stereocenters. The van der Waals surface area contributed by atoms with E-state index in [0.29, 0.717) is 12.1 Å². The number of carbonyl (C=O) groups is 2. The Hall–Kier alpha value is -2.87. The maximum atomic E-state index is 12.1. The number of hydrogen-bond donors (Lipinski definition) is 1. The molecule has 1 amide bonds. The van der Waals surface area contributed by atoms with Crippen molar-refractivity contribution in [1.29, 1.82) is 0 Å². The van der Waals surface area contributed by atoms with Crippen molar-refractivity contribution in [3.8, 4) is 11.3 Å². The van der Waals surface area contributed by atoms with Crippen LogP contribution in [0, 0.1) is 10.1 Å². The molecule has 0 unspecified atom stereocenters. The van der Waals surface area contributed by atoms with Crippen LogP contribution in [0.2, 0.25) is 5.02 Å². The van der Waals surface area contributed by atoms with Crippen LogP contribution in [-0.2, 0) is 9.53 Å². The second kappa shape index (κ2) is 8.48. The Balaban J connectivity index is 2.11. The van der Waals surface area contributed by atoms with Crippen LogP contribution in [0.1, 0.15) is 30.8 Å². The van der Waals surface area contributed by atoms with Crippen LogP contribution in [0.15, 0.2) is 34.7 Å². The number of nitro benzene ring substituents is 1. The molecule has 2 rings (SSSR count). The van der Waals surface area contributed by atoms with Gasteiger partial charge in [0.25, 0.3) is 11.6 Å². The second-order valence-electron chi connectivity index (χ2n) is 5.42. The molecule has 0 saturated heterocycles. The zero-order valence-electron chi connectivity index (χ0n) is 14.2. The molecule has 0 aliphatic rings. The Morgan fingerprint density at radius 2 is 2.08 bits per heavy atom.